The molecule has 2 aromatic carbocycles. The zero-order valence-electron chi connectivity index (χ0n) is 16.1. The number of hydrogen-bond donors (Lipinski definition) is 1. The highest BCUT2D eigenvalue weighted by Crippen LogP contribution is 2.36. The van der Waals surface area contributed by atoms with E-state index in [0.29, 0.717) is 31.7 Å². The maximum Gasteiger partial charge on any atom is 0.306 e. The normalized spacial score (nSPS) is 24.4. The van der Waals surface area contributed by atoms with Crippen molar-refractivity contribution in [2.45, 2.75) is 51.1 Å². The quantitative estimate of drug-likeness (QED) is 0.847. The molecular formula is C24H27NO3. The van der Waals surface area contributed by atoms with Crippen LogP contribution in [0.25, 0.3) is 0 Å². The van der Waals surface area contributed by atoms with Crippen molar-refractivity contribution in [3.63, 3.8) is 0 Å². The van der Waals surface area contributed by atoms with Gasteiger partial charge < -0.3 is 10.0 Å². The van der Waals surface area contributed by atoms with Gasteiger partial charge in [0.1, 0.15) is 0 Å². The van der Waals surface area contributed by atoms with Crippen molar-refractivity contribution in [3.8, 4) is 0 Å². The van der Waals surface area contributed by atoms with Gasteiger partial charge in [-0.1, -0.05) is 54.6 Å². The van der Waals surface area contributed by atoms with Crippen molar-refractivity contribution < 1.29 is 14.7 Å². The van der Waals surface area contributed by atoms with E-state index in [2.05, 4.69) is 30.3 Å². The van der Waals surface area contributed by atoms with E-state index in [4.69, 9.17) is 0 Å². The predicted molar refractivity (Wildman–Crippen MR) is 108 cm³/mol. The molecule has 1 aliphatic carbocycles. The minimum atomic E-state index is -0.693. The van der Waals surface area contributed by atoms with Gasteiger partial charge in [-0.15, -0.1) is 0 Å². The van der Waals surface area contributed by atoms with Gasteiger partial charge >= 0.3 is 5.97 Å². The number of carboxylic acid groups (broad SMARTS) is 1. The number of rotatable bonds is 4. The Hall–Kier alpha value is -2.62. The van der Waals surface area contributed by atoms with Gasteiger partial charge in [0.15, 0.2) is 0 Å². The van der Waals surface area contributed by atoms with E-state index >= 15 is 0 Å². The van der Waals surface area contributed by atoms with Crippen molar-refractivity contribution in [1.29, 1.82) is 0 Å². The predicted octanol–water partition coefficient (Wildman–Crippen LogP) is 4.59. The number of amides is 1. The lowest BCUT2D eigenvalue weighted by atomic mass is 9.80. The van der Waals surface area contributed by atoms with Gasteiger partial charge in [-0.3, -0.25) is 9.59 Å². The Balaban J connectivity index is 1.50. The summed E-state index contributed by atoms with van der Waals surface area (Å²) in [5, 5.41) is 9.19. The fraction of sp³-hybridized carbons (Fsp3) is 0.417. The van der Waals surface area contributed by atoms with Crippen LogP contribution in [0.3, 0.4) is 0 Å². The Bertz CT molecular complexity index is 840. The van der Waals surface area contributed by atoms with Crippen molar-refractivity contribution in [2.75, 3.05) is 0 Å². The Kier molecular flexibility index (Phi) is 5.47. The van der Waals surface area contributed by atoms with E-state index in [-0.39, 0.29) is 17.9 Å². The van der Waals surface area contributed by atoms with Crippen molar-refractivity contribution >= 4 is 11.9 Å². The average Bonchev–Trinajstić information content (AvgIpc) is 2.73. The lowest BCUT2D eigenvalue weighted by Gasteiger charge is -2.38. The van der Waals surface area contributed by atoms with Crippen LogP contribution in [-0.2, 0) is 22.6 Å². The molecule has 1 N–H and O–H groups in total. The molecule has 1 saturated carbocycles. The maximum absolute atomic E-state index is 13.3. The van der Waals surface area contributed by atoms with Crippen LogP contribution in [0.5, 0.6) is 0 Å². The summed E-state index contributed by atoms with van der Waals surface area (Å²) < 4.78 is 0. The molecular weight excluding hydrogens is 350 g/mol. The molecule has 0 bridgehead atoms. The molecule has 2 aliphatic rings. The highest BCUT2D eigenvalue weighted by molar-refractivity contribution is 5.77. The van der Waals surface area contributed by atoms with E-state index in [0.717, 1.165) is 19.3 Å². The fourth-order valence-electron chi connectivity index (χ4n) is 4.74. The van der Waals surface area contributed by atoms with Gasteiger partial charge in [-0.2, -0.15) is 0 Å². The van der Waals surface area contributed by atoms with Crippen molar-refractivity contribution in [1.82, 2.24) is 4.90 Å². The molecule has 1 atom stereocenters. The highest BCUT2D eigenvalue weighted by Gasteiger charge is 2.33. The molecule has 1 unspecified atom stereocenters. The van der Waals surface area contributed by atoms with Crippen LogP contribution < -0.4 is 0 Å². The largest absolute Gasteiger partial charge is 0.481 e. The number of carbonyl (C=O) groups is 2. The summed E-state index contributed by atoms with van der Waals surface area (Å²) in [7, 11) is 0. The molecule has 1 aliphatic heterocycles. The molecule has 0 radical (unpaired) electrons. The first-order chi connectivity index (χ1) is 13.6. The minimum absolute atomic E-state index is 0.0685. The molecule has 146 valence electrons. The summed E-state index contributed by atoms with van der Waals surface area (Å²) in [5.41, 5.74) is 3.74. The van der Waals surface area contributed by atoms with Gasteiger partial charge in [0.2, 0.25) is 5.91 Å². The Labute approximate surface area is 166 Å². The third-order valence-electron chi connectivity index (χ3n) is 6.41. The highest BCUT2D eigenvalue weighted by atomic mass is 16.4. The summed E-state index contributed by atoms with van der Waals surface area (Å²) in [6.07, 6.45) is 4.43. The smallest absolute Gasteiger partial charge is 0.306 e. The Morgan fingerprint density at radius 1 is 0.893 bits per heavy atom. The second-order valence-corrected chi connectivity index (χ2v) is 8.18. The molecule has 2 aromatic rings. The number of carboxylic acids is 1. The van der Waals surface area contributed by atoms with E-state index in [1.165, 1.54) is 16.7 Å². The summed E-state index contributed by atoms with van der Waals surface area (Å²) in [4.78, 5) is 26.5. The molecule has 0 aromatic heterocycles. The molecule has 4 nitrogen and oxygen atoms in total. The monoisotopic (exact) mass is 377 g/mol. The van der Waals surface area contributed by atoms with Crippen LogP contribution >= 0.6 is 0 Å². The number of carbonyl (C=O) groups excluding carboxylic acids is 1. The van der Waals surface area contributed by atoms with E-state index < -0.39 is 5.97 Å². The molecule has 1 heterocycles. The zero-order valence-corrected chi connectivity index (χ0v) is 16.1. The maximum atomic E-state index is 13.3. The van der Waals surface area contributed by atoms with Gasteiger partial charge in [0.25, 0.3) is 0 Å². The van der Waals surface area contributed by atoms with Gasteiger partial charge in [-0.25, -0.2) is 0 Å². The summed E-state index contributed by atoms with van der Waals surface area (Å²) in [6, 6.07) is 18.8. The van der Waals surface area contributed by atoms with E-state index in [9.17, 15) is 14.7 Å². The molecule has 1 fully saturated rings. The summed E-state index contributed by atoms with van der Waals surface area (Å²) in [6.45, 7) is 0.652. The number of hydrogen-bond acceptors (Lipinski definition) is 2. The number of benzene rings is 2. The van der Waals surface area contributed by atoms with Crippen LogP contribution in [0.2, 0.25) is 0 Å². The van der Waals surface area contributed by atoms with Gasteiger partial charge in [0, 0.05) is 13.0 Å². The number of fused-ring (bicyclic) bond motifs is 1. The van der Waals surface area contributed by atoms with Crippen LogP contribution in [0.15, 0.2) is 54.6 Å². The van der Waals surface area contributed by atoms with E-state index in [1.54, 1.807) is 0 Å². The van der Waals surface area contributed by atoms with Crippen molar-refractivity contribution in [3.05, 3.63) is 71.3 Å². The van der Waals surface area contributed by atoms with Gasteiger partial charge in [-0.05, 0) is 54.7 Å². The molecule has 4 heteroatoms. The van der Waals surface area contributed by atoms with Crippen LogP contribution in [0.4, 0.5) is 0 Å². The fourth-order valence-corrected chi connectivity index (χ4v) is 4.74. The third-order valence-corrected chi connectivity index (χ3v) is 6.41. The van der Waals surface area contributed by atoms with Crippen molar-refractivity contribution in [2.24, 2.45) is 11.8 Å². The average molecular weight is 377 g/mol. The molecule has 0 saturated heterocycles. The van der Waals surface area contributed by atoms with Crippen LogP contribution in [0, 0.1) is 11.8 Å². The molecule has 1 amide bonds. The second kappa shape index (κ2) is 8.17. The Morgan fingerprint density at radius 3 is 2.21 bits per heavy atom. The lowest BCUT2D eigenvalue weighted by molar-refractivity contribution is -0.143. The minimum Gasteiger partial charge on any atom is -0.481 e. The molecule has 0 spiro atoms. The number of aliphatic carboxylic acids is 1. The van der Waals surface area contributed by atoms with Crippen LogP contribution in [-0.4, -0.2) is 21.9 Å². The second-order valence-electron chi connectivity index (χ2n) is 8.18. The summed E-state index contributed by atoms with van der Waals surface area (Å²) >= 11 is 0. The topological polar surface area (TPSA) is 57.6 Å². The standard InChI is InChI=1S/C24H27NO3/c26-23(14-17-10-12-19(13-11-17)24(27)28)25-16-21-9-5-4-8-20(21)15-22(25)18-6-2-1-3-7-18/h1-9,17,19,22H,10-16H2,(H,27,28). The summed E-state index contributed by atoms with van der Waals surface area (Å²) in [5.74, 6) is -0.425. The first kappa shape index (κ1) is 18.7. The molecule has 28 heavy (non-hydrogen) atoms. The lowest BCUT2D eigenvalue weighted by Crippen LogP contribution is -2.40. The number of nitrogens with zero attached hydrogens (tertiary/aromatic N) is 1. The SMILES string of the molecule is O=C(O)C1CCC(CC(=O)N2Cc3ccccc3CC2c2ccccc2)CC1. The first-order valence-corrected chi connectivity index (χ1v) is 10.3. The Morgan fingerprint density at radius 2 is 1.54 bits per heavy atom. The van der Waals surface area contributed by atoms with Gasteiger partial charge in [0.05, 0.1) is 12.0 Å². The first-order valence-electron chi connectivity index (χ1n) is 10.3. The van der Waals surface area contributed by atoms with Crippen LogP contribution in [0.1, 0.15) is 54.8 Å². The molecule has 4 rings (SSSR count). The third kappa shape index (κ3) is 3.96. The van der Waals surface area contributed by atoms with E-state index in [1.807, 2.05) is 29.2 Å². The zero-order chi connectivity index (χ0) is 19.5.